The maximum absolute atomic E-state index is 13.1. The first-order valence-electron chi connectivity index (χ1n) is 11.0. The molecule has 3 N–H and O–H groups in total. The second-order valence-electron chi connectivity index (χ2n) is 7.77. The topological polar surface area (TPSA) is 108 Å². The Morgan fingerprint density at radius 1 is 0.714 bits per heavy atom. The van der Waals surface area contributed by atoms with Crippen molar-refractivity contribution < 1.29 is 19.5 Å². The number of hydrogen-bond donors (Lipinski definition) is 3. The van der Waals surface area contributed by atoms with Crippen LogP contribution in [0.15, 0.2) is 97.2 Å². The number of carboxylic acid groups (broad SMARTS) is 1. The third-order valence-corrected chi connectivity index (χ3v) is 5.35. The van der Waals surface area contributed by atoms with Crippen molar-refractivity contribution in [3.8, 4) is 22.3 Å². The molecule has 0 saturated carbocycles. The summed E-state index contributed by atoms with van der Waals surface area (Å²) in [6.07, 6.45) is 1.36. The number of nitrogens with one attached hydrogen (secondary N) is 2. The molecule has 174 valence electrons. The molecule has 7 heteroatoms. The number of carboxylic acids is 1. The lowest BCUT2D eigenvalue weighted by Crippen LogP contribution is -2.26. The number of nitrogens with zero attached hydrogens (tertiary/aromatic N) is 1. The van der Waals surface area contributed by atoms with Crippen LogP contribution in [0.5, 0.6) is 0 Å². The fraction of sp³-hybridized carbons (Fsp3) is 0.0714. The molecule has 3 aromatic carbocycles. The molecule has 0 atom stereocenters. The van der Waals surface area contributed by atoms with Gasteiger partial charge < -0.3 is 15.7 Å². The van der Waals surface area contributed by atoms with Crippen molar-refractivity contribution in [2.24, 2.45) is 0 Å². The molecule has 0 saturated heterocycles. The Balaban J connectivity index is 1.47. The third-order valence-electron chi connectivity index (χ3n) is 5.35. The van der Waals surface area contributed by atoms with E-state index in [0.29, 0.717) is 22.4 Å². The number of carbonyl (C=O) groups excluding carboxylic acids is 2. The average molecular weight is 466 g/mol. The fourth-order valence-electron chi connectivity index (χ4n) is 3.57. The van der Waals surface area contributed by atoms with E-state index >= 15 is 0 Å². The molecule has 0 aliphatic heterocycles. The number of carbonyl (C=O) groups is 3. The third kappa shape index (κ3) is 5.97. The Kier molecular flexibility index (Phi) is 7.28. The number of aromatic nitrogens is 1. The van der Waals surface area contributed by atoms with E-state index in [0.717, 1.165) is 11.1 Å². The van der Waals surface area contributed by atoms with Crippen LogP contribution in [0, 0.1) is 0 Å². The minimum absolute atomic E-state index is 0.0208. The minimum Gasteiger partial charge on any atom is -0.481 e. The van der Waals surface area contributed by atoms with Gasteiger partial charge in [0, 0.05) is 29.6 Å². The van der Waals surface area contributed by atoms with Crippen molar-refractivity contribution in [3.05, 3.63) is 108 Å². The molecular formula is C28H23N3O4. The van der Waals surface area contributed by atoms with Crippen molar-refractivity contribution in [2.45, 2.75) is 6.42 Å². The summed E-state index contributed by atoms with van der Waals surface area (Å²) in [6.45, 7) is 0.0208. The van der Waals surface area contributed by atoms with Crippen molar-refractivity contribution in [2.75, 3.05) is 11.9 Å². The molecule has 4 rings (SSSR count). The van der Waals surface area contributed by atoms with E-state index in [-0.39, 0.29) is 24.6 Å². The molecule has 2 amide bonds. The summed E-state index contributed by atoms with van der Waals surface area (Å²) < 4.78 is 0. The highest BCUT2D eigenvalue weighted by Gasteiger charge is 2.14. The van der Waals surface area contributed by atoms with E-state index in [1.54, 1.807) is 24.3 Å². The van der Waals surface area contributed by atoms with Gasteiger partial charge in [-0.15, -0.1) is 0 Å². The first kappa shape index (κ1) is 23.4. The number of aliphatic carboxylic acids is 1. The molecule has 35 heavy (non-hydrogen) atoms. The van der Waals surface area contributed by atoms with Gasteiger partial charge in [-0.2, -0.15) is 0 Å². The molecule has 1 heterocycles. The van der Waals surface area contributed by atoms with E-state index in [4.69, 9.17) is 5.11 Å². The van der Waals surface area contributed by atoms with Crippen LogP contribution in [0.2, 0.25) is 0 Å². The summed E-state index contributed by atoms with van der Waals surface area (Å²) in [6, 6.07) is 28.1. The second-order valence-corrected chi connectivity index (χ2v) is 7.77. The number of hydrogen-bond acceptors (Lipinski definition) is 4. The summed E-state index contributed by atoms with van der Waals surface area (Å²) in [5, 5.41) is 14.1. The van der Waals surface area contributed by atoms with Crippen molar-refractivity contribution >= 4 is 23.5 Å². The zero-order valence-corrected chi connectivity index (χ0v) is 18.8. The molecular weight excluding hydrogens is 442 g/mol. The van der Waals surface area contributed by atoms with Gasteiger partial charge in [0.05, 0.1) is 6.42 Å². The van der Waals surface area contributed by atoms with Gasteiger partial charge in [0.15, 0.2) is 0 Å². The summed E-state index contributed by atoms with van der Waals surface area (Å²) >= 11 is 0. The number of benzene rings is 3. The van der Waals surface area contributed by atoms with Gasteiger partial charge in [0.2, 0.25) is 0 Å². The monoisotopic (exact) mass is 465 g/mol. The molecule has 1 aromatic heterocycles. The molecule has 0 aliphatic rings. The Morgan fingerprint density at radius 3 is 2.06 bits per heavy atom. The predicted octanol–water partition coefficient (Wildman–Crippen LogP) is 4.87. The standard InChI is InChI=1S/C28H23N3O4/c32-26(33)16-17-29-28(35)25-15-12-21(18-30-25)23-8-4-5-9-24(23)27(34)31-22-13-10-20(11-14-22)19-6-2-1-3-7-19/h1-15,18H,16-17H2,(H,29,35)(H,31,34)(H,32,33). The number of amides is 2. The van der Waals surface area contributed by atoms with Crippen LogP contribution < -0.4 is 10.6 Å². The Labute approximate surface area is 202 Å². The van der Waals surface area contributed by atoms with Crippen LogP contribution in [0.4, 0.5) is 5.69 Å². The normalized spacial score (nSPS) is 10.4. The summed E-state index contributed by atoms with van der Waals surface area (Å²) in [7, 11) is 0. The van der Waals surface area contributed by atoms with Crippen LogP contribution >= 0.6 is 0 Å². The van der Waals surface area contributed by atoms with Gasteiger partial charge in [-0.1, -0.05) is 66.7 Å². The molecule has 4 aromatic rings. The van der Waals surface area contributed by atoms with E-state index in [1.807, 2.05) is 66.7 Å². The van der Waals surface area contributed by atoms with Gasteiger partial charge in [-0.3, -0.25) is 19.4 Å². The van der Waals surface area contributed by atoms with Crippen LogP contribution in [-0.2, 0) is 4.79 Å². The van der Waals surface area contributed by atoms with Crippen LogP contribution in [0.25, 0.3) is 22.3 Å². The van der Waals surface area contributed by atoms with Gasteiger partial charge >= 0.3 is 5.97 Å². The second kappa shape index (κ2) is 10.9. The SMILES string of the molecule is O=C(O)CCNC(=O)c1ccc(-c2ccccc2C(=O)Nc2ccc(-c3ccccc3)cc2)cn1. The molecule has 0 aliphatic carbocycles. The number of pyridine rings is 1. The number of rotatable bonds is 8. The van der Waals surface area contributed by atoms with Gasteiger partial charge in [0.1, 0.15) is 5.69 Å². The van der Waals surface area contributed by atoms with Crippen molar-refractivity contribution in [1.29, 1.82) is 0 Å². The zero-order valence-electron chi connectivity index (χ0n) is 18.8. The lowest BCUT2D eigenvalue weighted by atomic mass is 10.00. The highest BCUT2D eigenvalue weighted by atomic mass is 16.4. The average Bonchev–Trinajstić information content (AvgIpc) is 2.89. The summed E-state index contributed by atoms with van der Waals surface area (Å²) in [4.78, 5) is 40.0. The van der Waals surface area contributed by atoms with Crippen molar-refractivity contribution in [3.63, 3.8) is 0 Å². The van der Waals surface area contributed by atoms with Crippen LogP contribution in [0.3, 0.4) is 0 Å². The Hall–Kier alpha value is -4.78. The number of anilines is 1. The maximum Gasteiger partial charge on any atom is 0.305 e. The maximum atomic E-state index is 13.1. The van der Waals surface area contributed by atoms with Crippen molar-refractivity contribution in [1.82, 2.24) is 10.3 Å². The van der Waals surface area contributed by atoms with E-state index < -0.39 is 11.9 Å². The predicted molar refractivity (Wildman–Crippen MR) is 134 cm³/mol. The molecule has 0 unspecified atom stereocenters. The minimum atomic E-state index is -0.990. The lowest BCUT2D eigenvalue weighted by Gasteiger charge is -2.11. The van der Waals surface area contributed by atoms with Gasteiger partial charge in [-0.25, -0.2) is 0 Å². The first-order chi connectivity index (χ1) is 17.0. The van der Waals surface area contributed by atoms with Crippen LogP contribution in [-0.4, -0.2) is 34.4 Å². The lowest BCUT2D eigenvalue weighted by molar-refractivity contribution is -0.136. The molecule has 7 nitrogen and oxygen atoms in total. The smallest absolute Gasteiger partial charge is 0.305 e. The van der Waals surface area contributed by atoms with Crippen LogP contribution in [0.1, 0.15) is 27.3 Å². The Bertz CT molecular complexity index is 1340. The van der Waals surface area contributed by atoms with Gasteiger partial charge in [0.25, 0.3) is 11.8 Å². The largest absolute Gasteiger partial charge is 0.481 e. The molecule has 0 fully saturated rings. The fourth-order valence-corrected chi connectivity index (χ4v) is 3.57. The first-order valence-corrected chi connectivity index (χ1v) is 11.0. The zero-order chi connectivity index (χ0) is 24.6. The Morgan fingerprint density at radius 2 is 1.37 bits per heavy atom. The summed E-state index contributed by atoms with van der Waals surface area (Å²) in [5.74, 6) is -1.71. The molecule has 0 bridgehead atoms. The van der Waals surface area contributed by atoms with E-state index in [1.165, 1.54) is 6.20 Å². The highest BCUT2D eigenvalue weighted by molar-refractivity contribution is 6.08. The summed E-state index contributed by atoms with van der Waals surface area (Å²) in [5.41, 5.74) is 4.83. The quantitative estimate of drug-likeness (QED) is 0.344. The molecule has 0 radical (unpaired) electrons. The van der Waals surface area contributed by atoms with E-state index in [9.17, 15) is 14.4 Å². The molecule has 0 spiro atoms. The van der Waals surface area contributed by atoms with E-state index in [2.05, 4.69) is 15.6 Å². The van der Waals surface area contributed by atoms with Gasteiger partial charge in [-0.05, 0) is 41.0 Å². The highest BCUT2D eigenvalue weighted by Crippen LogP contribution is 2.25.